The van der Waals surface area contributed by atoms with Gasteiger partial charge in [-0.05, 0) is 57.9 Å². The molecule has 2 amide bonds. The van der Waals surface area contributed by atoms with Gasteiger partial charge in [-0.3, -0.25) is 5.32 Å². The van der Waals surface area contributed by atoms with Crippen LogP contribution >= 0.6 is 0 Å². The van der Waals surface area contributed by atoms with Crippen LogP contribution in [0.2, 0.25) is 25.7 Å². The Hall–Kier alpha value is -3.64. The van der Waals surface area contributed by atoms with Crippen LogP contribution in [0.5, 0.6) is 0 Å². The predicted molar refractivity (Wildman–Crippen MR) is 163 cm³/mol. The van der Waals surface area contributed by atoms with Crippen molar-refractivity contribution in [2.45, 2.75) is 77.7 Å². The van der Waals surface area contributed by atoms with Gasteiger partial charge in [0.05, 0.1) is 11.4 Å². The number of likely N-dealkylation sites (tertiary alicyclic amines) is 1. The van der Waals surface area contributed by atoms with Crippen LogP contribution in [0.4, 0.5) is 21.1 Å². The molecule has 0 spiro atoms. The zero-order valence-electron chi connectivity index (χ0n) is 24.9. The largest absolute Gasteiger partial charge is 0.465 e. The molecule has 11 nitrogen and oxygen atoms in total. The predicted octanol–water partition coefficient (Wildman–Crippen LogP) is 6.31. The fraction of sp³-hybridized carbons (Fsp3) is 0.517. The van der Waals surface area contributed by atoms with Crippen LogP contribution in [0.15, 0.2) is 36.7 Å². The summed E-state index contributed by atoms with van der Waals surface area (Å²) in [5.74, 6) is 0.353. The average molecular weight is 583 g/mol. The molecule has 3 N–H and O–H groups in total. The van der Waals surface area contributed by atoms with E-state index in [-0.39, 0.29) is 6.04 Å². The van der Waals surface area contributed by atoms with Crippen molar-refractivity contribution in [2.75, 3.05) is 30.3 Å². The van der Waals surface area contributed by atoms with Gasteiger partial charge in [0.1, 0.15) is 23.8 Å². The summed E-state index contributed by atoms with van der Waals surface area (Å²) < 4.78 is 13.4. The van der Waals surface area contributed by atoms with Gasteiger partial charge >= 0.3 is 12.2 Å². The van der Waals surface area contributed by atoms with Crippen molar-refractivity contribution in [3.05, 3.63) is 36.7 Å². The van der Waals surface area contributed by atoms with Crippen molar-refractivity contribution in [1.82, 2.24) is 19.4 Å². The molecular weight excluding hydrogens is 540 g/mol. The number of hydrogen-bond donors (Lipinski definition) is 3. The maximum absolute atomic E-state index is 12.4. The number of nitrogens with zero attached hydrogens (tertiary/aromatic N) is 4. The molecule has 0 bridgehead atoms. The lowest BCUT2D eigenvalue weighted by Crippen LogP contribution is -2.44. The molecule has 3 aromatic heterocycles. The monoisotopic (exact) mass is 582 g/mol. The van der Waals surface area contributed by atoms with Crippen molar-refractivity contribution in [2.24, 2.45) is 0 Å². The van der Waals surface area contributed by atoms with E-state index < -0.39 is 25.9 Å². The smallest absolute Gasteiger partial charge is 0.413 e. The number of amides is 2. The first kappa shape index (κ1) is 30.3. The Morgan fingerprint density at radius 1 is 1.20 bits per heavy atom. The van der Waals surface area contributed by atoms with Gasteiger partial charge in [0.15, 0.2) is 0 Å². The van der Waals surface area contributed by atoms with Crippen molar-refractivity contribution in [1.29, 1.82) is 0 Å². The first-order chi connectivity index (χ1) is 19.3. The van der Waals surface area contributed by atoms with Gasteiger partial charge in [0.2, 0.25) is 0 Å². The highest BCUT2D eigenvalue weighted by Gasteiger charge is 2.26. The van der Waals surface area contributed by atoms with Gasteiger partial charge in [-0.1, -0.05) is 25.7 Å². The van der Waals surface area contributed by atoms with Gasteiger partial charge in [0.25, 0.3) is 0 Å². The lowest BCUT2D eigenvalue weighted by molar-refractivity contribution is 0.0635. The molecule has 0 aromatic carbocycles. The van der Waals surface area contributed by atoms with E-state index in [4.69, 9.17) is 14.5 Å². The maximum atomic E-state index is 12.4. The number of carbonyl (C=O) groups is 2. The molecule has 4 rings (SSSR count). The third-order valence-corrected chi connectivity index (χ3v) is 8.41. The number of aromatic nitrogens is 3. The second kappa shape index (κ2) is 12.5. The van der Waals surface area contributed by atoms with Crippen molar-refractivity contribution in [3.8, 4) is 11.3 Å². The molecule has 0 aliphatic carbocycles. The van der Waals surface area contributed by atoms with Gasteiger partial charge in [-0.2, -0.15) is 0 Å². The van der Waals surface area contributed by atoms with Crippen LogP contribution in [-0.4, -0.2) is 76.1 Å². The quantitative estimate of drug-likeness (QED) is 0.198. The Bertz CT molecular complexity index is 1380. The zero-order chi connectivity index (χ0) is 29.8. The summed E-state index contributed by atoms with van der Waals surface area (Å²) in [6.45, 7) is 14.4. The van der Waals surface area contributed by atoms with Crippen LogP contribution in [0.1, 0.15) is 33.6 Å². The summed E-state index contributed by atoms with van der Waals surface area (Å²) in [4.78, 5) is 34.9. The van der Waals surface area contributed by atoms with Crippen molar-refractivity contribution < 1.29 is 24.2 Å². The van der Waals surface area contributed by atoms with Crippen LogP contribution in [0.3, 0.4) is 0 Å². The number of pyridine rings is 2. The Morgan fingerprint density at radius 2 is 1.98 bits per heavy atom. The summed E-state index contributed by atoms with van der Waals surface area (Å²) in [7, 11) is -1.20. The summed E-state index contributed by atoms with van der Waals surface area (Å²) in [5.41, 5.74) is 2.30. The first-order valence-electron chi connectivity index (χ1n) is 14.1. The van der Waals surface area contributed by atoms with Gasteiger partial charge in [-0.15, -0.1) is 0 Å². The molecule has 41 heavy (non-hydrogen) atoms. The Labute approximate surface area is 242 Å². The Balaban J connectivity index is 1.66. The third kappa shape index (κ3) is 8.43. The van der Waals surface area contributed by atoms with Gasteiger partial charge in [0, 0.05) is 57.2 Å². The minimum absolute atomic E-state index is 0.0800. The molecule has 4 heterocycles. The molecule has 1 atom stereocenters. The van der Waals surface area contributed by atoms with Crippen LogP contribution < -0.4 is 10.6 Å². The van der Waals surface area contributed by atoms with E-state index in [2.05, 4.69) is 35.3 Å². The van der Waals surface area contributed by atoms with Crippen molar-refractivity contribution in [3.63, 3.8) is 0 Å². The molecule has 0 radical (unpaired) electrons. The number of hydrogen-bond acceptors (Lipinski definition) is 7. The standard InChI is InChI=1S/C29H42N6O5Si/c1-29(2,3)40-27(36)33-24-11-7-10-23(32-24)22-17-30-26-21(12-14-35(26)19-39-15-16-41(4,5)6)25(22)31-20-9-8-13-34(18-20)28(37)38/h7,10-12,14,17,20H,8-9,13,15-16,18-19H2,1-6H3,(H,30,31)(H,37,38)(H,32,33,36)/t20-/m1/s1. The Morgan fingerprint density at radius 3 is 2.68 bits per heavy atom. The summed E-state index contributed by atoms with van der Waals surface area (Å²) in [6, 6.07) is 8.37. The number of carbonyl (C=O) groups excluding carboxylic acids is 1. The van der Waals surface area contributed by atoms with E-state index in [1.54, 1.807) is 33.0 Å². The second-order valence-electron chi connectivity index (χ2n) is 12.7. The highest BCUT2D eigenvalue weighted by atomic mass is 28.3. The molecule has 0 unspecified atom stereocenters. The second-order valence-corrected chi connectivity index (χ2v) is 18.3. The molecular formula is C29H42N6O5Si. The normalized spacial score (nSPS) is 16.0. The molecule has 1 aliphatic rings. The third-order valence-electron chi connectivity index (χ3n) is 6.71. The number of carboxylic acid groups (broad SMARTS) is 1. The van der Waals surface area contributed by atoms with E-state index >= 15 is 0 Å². The number of nitrogens with one attached hydrogen (secondary N) is 2. The topological polar surface area (TPSA) is 131 Å². The minimum Gasteiger partial charge on any atom is -0.465 e. The molecule has 3 aromatic rings. The molecule has 222 valence electrons. The average Bonchev–Trinajstić information content (AvgIpc) is 3.29. The highest BCUT2D eigenvalue weighted by molar-refractivity contribution is 6.76. The van der Waals surface area contributed by atoms with E-state index in [1.165, 1.54) is 4.90 Å². The number of ether oxygens (including phenoxy) is 2. The fourth-order valence-electron chi connectivity index (χ4n) is 4.67. The molecule has 1 saturated heterocycles. The fourth-order valence-corrected chi connectivity index (χ4v) is 5.43. The van der Waals surface area contributed by atoms with Gasteiger partial charge < -0.3 is 29.4 Å². The number of anilines is 2. The van der Waals surface area contributed by atoms with Crippen LogP contribution in [-0.2, 0) is 16.2 Å². The zero-order valence-corrected chi connectivity index (χ0v) is 25.9. The van der Waals surface area contributed by atoms with Gasteiger partial charge in [-0.25, -0.2) is 19.6 Å². The molecule has 1 fully saturated rings. The SMILES string of the molecule is CC(C)(C)OC(=O)Nc1cccc(-c2cnc3c(ccn3COCC[Si](C)(C)C)c2N[C@@H]2CCCN(C(=O)O)C2)n1. The first-order valence-corrected chi connectivity index (χ1v) is 17.8. The minimum atomic E-state index is -1.20. The highest BCUT2D eigenvalue weighted by Crippen LogP contribution is 2.35. The van der Waals surface area contributed by atoms with Crippen LogP contribution in [0, 0.1) is 0 Å². The molecule has 1 aliphatic heterocycles. The molecule has 12 heteroatoms. The van der Waals surface area contributed by atoms with E-state index in [9.17, 15) is 14.7 Å². The van der Waals surface area contributed by atoms with Crippen molar-refractivity contribution >= 4 is 42.8 Å². The number of rotatable bonds is 9. The lowest BCUT2D eigenvalue weighted by Gasteiger charge is -2.32. The van der Waals surface area contributed by atoms with E-state index in [0.29, 0.717) is 37.9 Å². The maximum Gasteiger partial charge on any atom is 0.413 e. The van der Waals surface area contributed by atoms with E-state index in [0.717, 1.165) is 41.2 Å². The van der Waals surface area contributed by atoms with Crippen LogP contribution in [0.25, 0.3) is 22.3 Å². The summed E-state index contributed by atoms with van der Waals surface area (Å²) in [5, 5.41) is 16.8. The Kier molecular flexibility index (Phi) is 9.23. The lowest BCUT2D eigenvalue weighted by atomic mass is 10.0. The summed E-state index contributed by atoms with van der Waals surface area (Å²) >= 11 is 0. The molecule has 0 saturated carbocycles. The number of piperidine rings is 1. The number of fused-ring (bicyclic) bond motifs is 1. The van der Waals surface area contributed by atoms with E-state index in [1.807, 2.05) is 29.0 Å². The summed E-state index contributed by atoms with van der Waals surface area (Å²) in [6.07, 6.45) is 3.82.